The second-order valence-corrected chi connectivity index (χ2v) is 5.84. The number of unbranched alkanes of at least 4 members (excludes halogenated alkanes) is 2. The molecule has 4 heteroatoms. The molecular formula is C21H26N2O2. The lowest BCUT2D eigenvalue weighted by molar-refractivity contribution is -0.00316. The first-order valence-electron chi connectivity index (χ1n) is 8.98. The number of hydrogen-bond acceptors (Lipinski definition) is 2. The molecule has 0 aliphatic heterocycles. The van der Waals surface area contributed by atoms with Gasteiger partial charge in [0.2, 0.25) is 0 Å². The zero-order valence-electron chi connectivity index (χ0n) is 15.1. The topological polar surface area (TPSA) is 54.9 Å². The molecule has 0 saturated carbocycles. The second-order valence-electron chi connectivity index (χ2n) is 5.84. The van der Waals surface area contributed by atoms with Crippen LogP contribution in [0.3, 0.4) is 0 Å². The quantitative estimate of drug-likeness (QED) is 0.261. The number of para-hydroxylation sites is 2. The van der Waals surface area contributed by atoms with E-state index in [9.17, 15) is 5.53 Å². The first-order valence-corrected chi connectivity index (χ1v) is 8.98. The first kappa shape index (κ1) is 18.8. The summed E-state index contributed by atoms with van der Waals surface area (Å²) >= 11 is 0. The van der Waals surface area contributed by atoms with Gasteiger partial charge in [0.25, 0.3) is 0 Å². The maximum Gasteiger partial charge on any atom is 0.337 e. The summed E-state index contributed by atoms with van der Waals surface area (Å²) in [6.45, 7) is 5.53. The lowest BCUT2D eigenvalue weighted by atomic mass is 10.0. The molecule has 0 amide bonds. The summed E-state index contributed by atoms with van der Waals surface area (Å²) < 4.78 is 11.8. The largest absolute Gasteiger partial charge is 0.493 e. The molecule has 0 aliphatic carbocycles. The molecule has 0 N–H and O–H groups in total. The molecule has 25 heavy (non-hydrogen) atoms. The van der Waals surface area contributed by atoms with Crippen molar-refractivity contribution in [3.05, 3.63) is 65.2 Å². The smallest absolute Gasteiger partial charge is 0.337 e. The van der Waals surface area contributed by atoms with E-state index in [1.807, 2.05) is 48.5 Å². The Labute approximate surface area is 150 Å². The average Bonchev–Trinajstić information content (AvgIpc) is 2.65. The van der Waals surface area contributed by atoms with Crippen LogP contribution in [0.5, 0.6) is 11.5 Å². The fourth-order valence-corrected chi connectivity index (χ4v) is 2.48. The molecule has 0 aromatic heterocycles. The summed E-state index contributed by atoms with van der Waals surface area (Å²) in [4.78, 5) is 3.56. The van der Waals surface area contributed by atoms with Crippen molar-refractivity contribution in [1.29, 1.82) is 0 Å². The van der Waals surface area contributed by atoms with E-state index in [0.717, 1.165) is 36.8 Å². The van der Waals surface area contributed by atoms with Crippen molar-refractivity contribution in [2.45, 2.75) is 39.5 Å². The van der Waals surface area contributed by atoms with Gasteiger partial charge in [0, 0.05) is 0 Å². The minimum atomic E-state index is 0.458. The van der Waals surface area contributed by atoms with Gasteiger partial charge in [0.1, 0.15) is 22.6 Å². The van der Waals surface area contributed by atoms with Gasteiger partial charge in [-0.05, 0) is 37.1 Å². The van der Waals surface area contributed by atoms with Gasteiger partial charge in [-0.15, -0.1) is 0 Å². The molecule has 0 saturated heterocycles. The zero-order chi connectivity index (χ0) is 17.9. The molecule has 2 rings (SSSR count). The maximum absolute atomic E-state index is 9.70. The molecule has 0 unspecified atom stereocenters. The van der Waals surface area contributed by atoms with Crippen LogP contribution in [-0.4, -0.2) is 23.7 Å². The molecular weight excluding hydrogens is 312 g/mol. The van der Waals surface area contributed by atoms with E-state index in [0.29, 0.717) is 30.4 Å². The van der Waals surface area contributed by atoms with E-state index in [1.54, 1.807) is 0 Å². The van der Waals surface area contributed by atoms with Crippen LogP contribution in [-0.2, 0) is 0 Å². The summed E-state index contributed by atoms with van der Waals surface area (Å²) in [7, 11) is 0. The van der Waals surface area contributed by atoms with Crippen molar-refractivity contribution in [3.8, 4) is 11.5 Å². The van der Waals surface area contributed by atoms with Crippen molar-refractivity contribution >= 4 is 5.71 Å². The third kappa shape index (κ3) is 5.20. The Morgan fingerprint density at radius 3 is 1.64 bits per heavy atom. The minimum Gasteiger partial charge on any atom is -0.493 e. The van der Waals surface area contributed by atoms with Gasteiger partial charge in [-0.25, -0.2) is 0 Å². The van der Waals surface area contributed by atoms with Crippen LogP contribution in [0.1, 0.15) is 50.7 Å². The van der Waals surface area contributed by atoms with E-state index in [-0.39, 0.29) is 0 Å². The van der Waals surface area contributed by atoms with Crippen LogP contribution in [0, 0.1) is 0 Å². The predicted octanol–water partition coefficient (Wildman–Crippen LogP) is 5.11. The molecule has 0 radical (unpaired) electrons. The van der Waals surface area contributed by atoms with E-state index >= 15 is 0 Å². The van der Waals surface area contributed by atoms with Gasteiger partial charge < -0.3 is 15.0 Å². The summed E-state index contributed by atoms with van der Waals surface area (Å²) in [6, 6.07) is 15.3. The van der Waals surface area contributed by atoms with Crippen molar-refractivity contribution < 1.29 is 14.3 Å². The van der Waals surface area contributed by atoms with E-state index in [4.69, 9.17) is 9.47 Å². The highest BCUT2D eigenvalue weighted by Gasteiger charge is 2.23. The Hall–Kier alpha value is -2.58. The first-order chi connectivity index (χ1) is 12.3. The Kier molecular flexibility index (Phi) is 7.74. The molecule has 0 fully saturated rings. The predicted molar refractivity (Wildman–Crippen MR) is 101 cm³/mol. The second kappa shape index (κ2) is 10.3. The highest BCUT2D eigenvalue weighted by molar-refractivity contribution is 6.12. The van der Waals surface area contributed by atoms with Crippen molar-refractivity contribution in [1.82, 2.24) is 0 Å². The van der Waals surface area contributed by atoms with E-state index in [1.165, 1.54) is 0 Å². The van der Waals surface area contributed by atoms with Gasteiger partial charge in [-0.1, -0.05) is 51.0 Å². The number of benzene rings is 2. The van der Waals surface area contributed by atoms with Gasteiger partial charge in [0.15, 0.2) is 0 Å². The molecule has 0 heterocycles. The third-order valence-electron chi connectivity index (χ3n) is 3.90. The molecule has 0 spiro atoms. The molecule has 4 nitrogen and oxygen atoms in total. The Morgan fingerprint density at radius 2 is 1.24 bits per heavy atom. The monoisotopic (exact) mass is 338 g/mol. The maximum atomic E-state index is 9.70. The number of hydrogen-bond donors (Lipinski definition) is 0. The Balaban J connectivity index is 2.34. The summed E-state index contributed by atoms with van der Waals surface area (Å²) in [5, 5.41) is 0. The molecule has 0 atom stereocenters. The number of nitrogens with zero attached hydrogens (tertiary/aromatic N) is 2. The van der Waals surface area contributed by atoms with Crippen LogP contribution in [0.15, 0.2) is 48.5 Å². The van der Waals surface area contributed by atoms with Crippen LogP contribution in [0.4, 0.5) is 0 Å². The summed E-state index contributed by atoms with van der Waals surface area (Å²) in [5.74, 6) is 1.43. The van der Waals surface area contributed by atoms with Crippen LogP contribution in [0.2, 0.25) is 0 Å². The van der Waals surface area contributed by atoms with Gasteiger partial charge in [0.05, 0.1) is 13.2 Å². The molecule has 0 bridgehead atoms. The fraction of sp³-hybridized carbons (Fsp3) is 0.381. The van der Waals surface area contributed by atoms with E-state index in [2.05, 4.69) is 18.6 Å². The molecule has 2 aromatic rings. The van der Waals surface area contributed by atoms with Crippen molar-refractivity contribution in [2.24, 2.45) is 0 Å². The van der Waals surface area contributed by atoms with Gasteiger partial charge in [-0.2, -0.15) is 4.79 Å². The zero-order valence-corrected chi connectivity index (χ0v) is 15.1. The summed E-state index contributed by atoms with van der Waals surface area (Å²) in [6.07, 6.45) is 4.10. The standard InChI is InChI=1S/C21H26N2O2/c1-3-5-15-24-19-13-9-7-11-17(19)21(23-22)18-12-8-10-14-20(18)25-16-6-4-2/h7-14H,3-6,15-16H2,1-2H3. The summed E-state index contributed by atoms with van der Waals surface area (Å²) in [5.41, 5.74) is 11.7. The third-order valence-corrected chi connectivity index (χ3v) is 3.90. The molecule has 2 aromatic carbocycles. The number of rotatable bonds is 10. The highest BCUT2D eigenvalue weighted by Crippen LogP contribution is 2.26. The lowest BCUT2D eigenvalue weighted by Crippen LogP contribution is -2.11. The molecule has 132 valence electrons. The van der Waals surface area contributed by atoms with Gasteiger partial charge in [-0.3, -0.25) is 0 Å². The van der Waals surface area contributed by atoms with Crippen LogP contribution >= 0.6 is 0 Å². The van der Waals surface area contributed by atoms with Crippen molar-refractivity contribution in [3.63, 3.8) is 0 Å². The average molecular weight is 338 g/mol. The Bertz CT molecular complexity index is 666. The van der Waals surface area contributed by atoms with Gasteiger partial charge >= 0.3 is 5.71 Å². The minimum absolute atomic E-state index is 0.458. The fourth-order valence-electron chi connectivity index (χ4n) is 2.48. The van der Waals surface area contributed by atoms with Crippen LogP contribution < -0.4 is 9.47 Å². The van der Waals surface area contributed by atoms with Crippen molar-refractivity contribution in [2.75, 3.05) is 13.2 Å². The molecule has 0 aliphatic rings. The number of ether oxygens (including phenoxy) is 2. The SMILES string of the molecule is CCCCOc1ccccc1C(=[N+]=[N-])c1ccccc1OCCCC. The van der Waals surface area contributed by atoms with Crippen LogP contribution in [0.25, 0.3) is 5.53 Å². The lowest BCUT2D eigenvalue weighted by Gasteiger charge is -2.11. The normalized spacial score (nSPS) is 10.2. The Morgan fingerprint density at radius 1 is 0.800 bits per heavy atom. The van der Waals surface area contributed by atoms with E-state index < -0.39 is 0 Å². The highest BCUT2D eigenvalue weighted by atomic mass is 16.5.